The van der Waals surface area contributed by atoms with Crippen LogP contribution in [0.25, 0.3) is 11.0 Å². The average Bonchev–Trinajstić information content (AvgIpc) is 3.25. The van der Waals surface area contributed by atoms with E-state index in [1.165, 1.54) is 9.87 Å². The zero-order chi connectivity index (χ0) is 23.4. The summed E-state index contributed by atoms with van der Waals surface area (Å²) in [6.07, 6.45) is 2.54. The van der Waals surface area contributed by atoms with Gasteiger partial charge >= 0.3 is 0 Å². The first-order valence-electron chi connectivity index (χ1n) is 11.8. The molecule has 176 valence electrons. The van der Waals surface area contributed by atoms with E-state index in [0.29, 0.717) is 31.2 Å². The second kappa shape index (κ2) is 10.1. The first kappa shape index (κ1) is 22.8. The van der Waals surface area contributed by atoms with Crippen LogP contribution in [-0.4, -0.2) is 48.6 Å². The van der Waals surface area contributed by atoms with Crippen LogP contribution in [0.3, 0.4) is 0 Å². The van der Waals surface area contributed by atoms with Crippen molar-refractivity contribution in [3.8, 4) is 0 Å². The van der Waals surface area contributed by atoms with E-state index in [-0.39, 0.29) is 0 Å². The van der Waals surface area contributed by atoms with Gasteiger partial charge in [-0.15, -0.1) is 0 Å². The third-order valence-electron chi connectivity index (χ3n) is 6.37. The average molecular weight is 476 g/mol. The summed E-state index contributed by atoms with van der Waals surface area (Å²) in [6, 6.07) is 26.1. The standard InChI is InChI=1S/C27H29N3O3S/c31-34(32,29-18-20-33-21-19-29)24-13-10-23(11-14-24)12-15-27-28-25-8-4-5-9-26(25)30(27)17-16-22-6-2-1-3-7-22/h1-11,13-14H,12,15-21H2. The largest absolute Gasteiger partial charge is 0.379 e. The number of morpholine rings is 1. The number of ether oxygens (including phenoxy) is 1. The smallest absolute Gasteiger partial charge is 0.243 e. The van der Waals surface area contributed by atoms with Gasteiger partial charge in [-0.3, -0.25) is 0 Å². The fraction of sp³-hybridized carbons (Fsp3) is 0.296. The Morgan fingerprint density at radius 1 is 0.765 bits per heavy atom. The van der Waals surface area contributed by atoms with Crippen LogP contribution in [0.4, 0.5) is 0 Å². The molecule has 7 heteroatoms. The maximum atomic E-state index is 12.9. The summed E-state index contributed by atoms with van der Waals surface area (Å²) < 4.78 is 34.8. The number of benzene rings is 3. The first-order chi connectivity index (χ1) is 16.6. The van der Waals surface area contributed by atoms with Crippen molar-refractivity contribution in [2.45, 2.75) is 30.7 Å². The third kappa shape index (κ3) is 4.92. The van der Waals surface area contributed by atoms with Crippen LogP contribution in [0.1, 0.15) is 17.0 Å². The molecule has 0 bridgehead atoms. The van der Waals surface area contributed by atoms with Gasteiger partial charge in [-0.25, -0.2) is 13.4 Å². The molecule has 34 heavy (non-hydrogen) atoms. The van der Waals surface area contributed by atoms with E-state index in [0.717, 1.165) is 48.2 Å². The lowest BCUT2D eigenvalue weighted by Gasteiger charge is -2.26. The van der Waals surface area contributed by atoms with Crippen LogP contribution < -0.4 is 0 Å². The topological polar surface area (TPSA) is 64.4 Å². The molecule has 1 aliphatic rings. The molecule has 1 saturated heterocycles. The predicted molar refractivity (Wildman–Crippen MR) is 133 cm³/mol. The molecule has 0 unspecified atom stereocenters. The summed E-state index contributed by atoms with van der Waals surface area (Å²) in [5.41, 5.74) is 4.57. The summed E-state index contributed by atoms with van der Waals surface area (Å²) in [5, 5.41) is 0. The van der Waals surface area contributed by atoms with Crippen LogP contribution in [0.15, 0.2) is 83.8 Å². The molecule has 1 aromatic heterocycles. The SMILES string of the molecule is O=S(=O)(c1ccc(CCc2nc3ccccc3n2CCc2ccccc2)cc1)N1CCOCC1. The van der Waals surface area contributed by atoms with E-state index in [9.17, 15) is 8.42 Å². The molecule has 6 nitrogen and oxygen atoms in total. The highest BCUT2D eigenvalue weighted by Gasteiger charge is 2.26. The molecule has 0 radical (unpaired) electrons. The molecule has 0 spiro atoms. The Labute approximate surface area is 200 Å². The Morgan fingerprint density at radius 2 is 1.44 bits per heavy atom. The minimum absolute atomic E-state index is 0.341. The van der Waals surface area contributed by atoms with Gasteiger partial charge in [-0.2, -0.15) is 4.31 Å². The van der Waals surface area contributed by atoms with Gasteiger partial charge in [0.15, 0.2) is 0 Å². The van der Waals surface area contributed by atoms with E-state index in [1.54, 1.807) is 12.1 Å². The van der Waals surface area contributed by atoms with Crippen molar-refractivity contribution >= 4 is 21.1 Å². The molecule has 0 aliphatic carbocycles. The van der Waals surface area contributed by atoms with Gasteiger partial charge in [-0.05, 0) is 48.2 Å². The minimum atomic E-state index is -3.47. The van der Waals surface area contributed by atoms with Crippen molar-refractivity contribution < 1.29 is 13.2 Å². The molecular formula is C27H29N3O3S. The molecular weight excluding hydrogens is 446 g/mol. The van der Waals surface area contributed by atoms with E-state index in [1.807, 2.05) is 24.3 Å². The number of rotatable bonds is 8. The molecule has 5 rings (SSSR count). The molecule has 3 aromatic carbocycles. The maximum absolute atomic E-state index is 12.9. The lowest BCUT2D eigenvalue weighted by atomic mass is 10.1. The number of para-hydroxylation sites is 2. The van der Waals surface area contributed by atoms with E-state index in [2.05, 4.69) is 47.0 Å². The zero-order valence-corrected chi connectivity index (χ0v) is 20.0. The van der Waals surface area contributed by atoms with Crippen LogP contribution in [0.5, 0.6) is 0 Å². The fourth-order valence-electron chi connectivity index (χ4n) is 4.47. The van der Waals surface area contributed by atoms with Crippen molar-refractivity contribution in [1.82, 2.24) is 13.9 Å². The van der Waals surface area contributed by atoms with Crippen LogP contribution in [0.2, 0.25) is 0 Å². The molecule has 2 heterocycles. The summed E-state index contributed by atoms with van der Waals surface area (Å²) in [5.74, 6) is 1.06. The van der Waals surface area contributed by atoms with Gasteiger partial charge in [0.05, 0.1) is 29.1 Å². The third-order valence-corrected chi connectivity index (χ3v) is 8.28. The van der Waals surface area contributed by atoms with Gasteiger partial charge in [0, 0.05) is 26.1 Å². The van der Waals surface area contributed by atoms with Gasteiger partial charge in [-0.1, -0.05) is 54.6 Å². The van der Waals surface area contributed by atoms with Gasteiger partial charge < -0.3 is 9.30 Å². The number of aromatic nitrogens is 2. The Kier molecular flexibility index (Phi) is 6.76. The number of hydrogen-bond donors (Lipinski definition) is 0. The zero-order valence-electron chi connectivity index (χ0n) is 19.1. The van der Waals surface area contributed by atoms with Crippen molar-refractivity contribution in [2.24, 2.45) is 0 Å². The highest BCUT2D eigenvalue weighted by molar-refractivity contribution is 7.89. The van der Waals surface area contributed by atoms with Crippen LogP contribution in [0, 0.1) is 0 Å². The maximum Gasteiger partial charge on any atom is 0.243 e. The van der Waals surface area contributed by atoms with E-state index < -0.39 is 10.0 Å². The van der Waals surface area contributed by atoms with E-state index >= 15 is 0 Å². The monoisotopic (exact) mass is 475 g/mol. The van der Waals surface area contributed by atoms with Crippen LogP contribution in [-0.2, 0) is 40.6 Å². The van der Waals surface area contributed by atoms with Gasteiger partial charge in [0.1, 0.15) is 5.82 Å². The van der Waals surface area contributed by atoms with Crippen molar-refractivity contribution in [2.75, 3.05) is 26.3 Å². The van der Waals surface area contributed by atoms with Crippen molar-refractivity contribution in [1.29, 1.82) is 0 Å². The summed E-state index contributed by atoms with van der Waals surface area (Å²) in [7, 11) is -3.47. The van der Waals surface area contributed by atoms with Gasteiger partial charge in [0.2, 0.25) is 10.0 Å². The lowest BCUT2D eigenvalue weighted by molar-refractivity contribution is 0.0730. The number of aryl methyl sites for hydroxylation is 4. The Balaban J connectivity index is 1.31. The molecule has 0 amide bonds. The number of sulfonamides is 1. The molecule has 4 aromatic rings. The summed E-state index contributed by atoms with van der Waals surface area (Å²) >= 11 is 0. The number of nitrogens with zero attached hydrogens (tertiary/aromatic N) is 3. The first-order valence-corrected chi connectivity index (χ1v) is 13.2. The minimum Gasteiger partial charge on any atom is -0.379 e. The van der Waals surface area contributed by atoms with Gasteiger partial charge in [0.25, 0.3) is 0 Å². The van der Waals surface area contributed by atoms with E-state index in [4.69, 9.17) is 9.72 Å². The second-order valence-electron chi connectivity index (χ2n) is 8.56. The Hall–Kier alpha value is -3.00. The highest BCUT2D eigenvalue weighted by Crippen LogP contribution is 2.21. The normalized spacial score (nSPS) is 15.1. The second-order valence-corrected chi connectivity index (χ2v) is 10.5. The van der Waals surface area contributed by atoms with Crippen molar-refractivity contribution in [3.05, 3.63) is 95.8 Å². The molecule has 0 saturated carbocycles. The fourth-order valence-corrected chi connectivity index (χ4v) is 5.88. The number of hydrogen-bond acceptors (Lipinski definition) is 4. The summed E-state index contributed by atoms with van der Waals surface area (Å²) in [4.78, 5) is 5.25. The molecule has 1 fully saturated rings. The Morgan fingerprint density at radius 3 is 2.21 bits per heavy atom. The number of imidazole rings is 1. The summed E-state index contributed by atoms with van der Waals surface area (Å²) in [6.45, 7) is 2.58. The lowest BCUT2D eigenvalue weighted by Crippen LogP contribution is -2.40. The quantitative estimate of drug-likeness (QED) is 0.385. The number of fused-ring (bicyclic) bond motifs is 1. The Bertz CT molecular complexity index is 1340. The van der Waals surface area contributed by atoms with Crippen molar-refractivity contribution in [3.63, 3.8) is 0 Å². The predicted octanol–water partition coefficient (Wildman–Crippen LogP) is 4.09. The molecule has 0 atom stereocenters. The highest BCUT2D eigenvalue weighted by atomic mass is 32.2. The molecule has 1 aliphatic heterocycles. The molecule has 0 N–H and O–H groups in total. The van der Waals surface area contributed by atoms with Crippen LogP contribution >= 0.6 is 0 Å².